The zero-order valence-electron chi connectivity index (χ0n) is 16.1. The third kappa shape index (κ3) is 5.93. The summed E-state index contributed by atoms with van der Waals surface area (Å²) in [6.45, 7) is 0.632. The molecular weight excluding hydrogens is 390 g/mol. The molecule has 0 unspecified atom stereocenters. The lowest BCUT2D eigenvalue weighted by Crippen LogP contribution is -2.32. The van der Waals surface area contributed by atoms with Gasteiger partial charge in [0, 0.05) is 29.6 Å². The quantitative estimate of drug-likeness (QED) is 0.617. The maximum Gasteiger partial charge on any atom is 0.266 e. The SMILES string of the molecule is COc1ccc(CCC(=O)NCCn2nc(-c3ccc(Cl)cc3)ccc2=O)cc1. The summed E-state index contributed by atoms with van der Waals surface area (Å²) in [6, 6.07) is 18.0. The first kappa shape index (κ1) is 20.6. The fraction of sp³-hybridized carbons (Fsp3) is 0.227. The highest BCUT2D eigenvalue weighted by molar-refractivity contribution is 6.30. The molecule has 0 fully saturated rings. The molecular formula is C22H22ClN3O3. The molecule has 1 N–H and O–H groups in total. The predicted molar refractivity (Wildman–Crippen MR) is 113 cm³/mol. The van der Waals surface area contributed by atoms with Gasteiger partial charge in [-0.05, 0) is 42.3 Å². The molecule has 3 aromatic rings. The molecule has 0 bridgehead atoms. The van der Waals surface area contributed by atoms with Crippen molar-refractivity contribution in [2.75, 3.05) is 13.7 Å². The van der Waals surface area contributed by atoms with Crippen LogP contribution in [0.3, 0.4) is 0 Å². The van der Waals surface area contributed by atoms with Crippen molar-refractivity contribution < 1.29 is 9.53 Å². The second kappa shape index (κ2) is 9.89. The molecule has 150 valence electrons. The number of ether oxygens (including phenoxy) is 1. The molecule has 1 heterocycles. The number of aromatic nitrogens is 2. The Bertz CT molecular complexity index is 1010. The fourth-order valence-electron chi connectivity index (χ4n) is 2.82. The van der Waals surface area contributed by atoms with E-state index in [2.05, 4.69) is 10.4 Å². The number of benzene rings is 2. The highest BCUT2D eigenvalue weighted by Crippen LogP contribution is 2.18. The summed E-state index contributed by atoms with van der Waals surface area (Å²) in [5.74, 6) is 0.722. The third-order valence-electron chi connectivity index (χ3n) is 4.45. The predicted octanol–water partition coefficient (Wildman–Crippen LogP) is 3.32. The first-order valence-electron chi connectivity index (χ1n) is 9.29. The molecule has 0 spiro atoms. The van der Waals surface area contributed by atoms with E-state index in [0.717, 1.165) is 16.9 Å². The van der Waals surface area contributed by atoms with Crippen molar-refractivity contribution in [3.63, 3.8) is 0 Å². The smallest absolute Gasteiger partial charge is 0.266 e. The summed E-state index contributed by atoms with van der Waals surface area (Å²) in [7, 11) is 1.62. The van der Waals surface area contributed by atoms with Crippen LogP contribution in [0.15, 0.2) is 65.5 Å². The van der Waals surface area contributed by atoms with Crippen molar-refractivity contribution in [2.24, 2.45) is 0 Å². The van der Waals surface area contributed by atoms with Gasteiger partial charge in [-0.1, -0.05) is 35.9 Å². The van der Waals surface area contributed by atoms with Crippen LogP contribution in [-0.4, -0.2) is 29.3 Å². The van der Waals surface area contributed by atoms with Crippen molar-refractivity contribution >= 4 is 17.5 Å². The van der Waals surface area contributed by atoms with Crippen molar-refractivity contribution in [1.82, 2.24) is 15.1 Å². The minimum atomic E-state index is -0.213. The molecule has 0 atom stereocenters. The lowest BCUT2D eigenvalue weighted by Gasteiger charge is -2.09. The molecule has 3 rings (SSSR count). The average molecular weight is 412 g/mol. The molecule has 6 nitrogen and oxygen atoms in total. The van der Waals surface area contributed by atoms with Crippen LogP contribution in [-0.2, 0) is 17.8 Å². The van der Waals surface area contributed by atoms with Gasteiger partial charge in [-0.25, -0.2) is 4.68 Å². The molecule has 0 aliphatic carbocycles. The van der Waals surface area contributed by atoms with Crippen LogP contribution in [0.25, 0.3) is 11.3 Å². The van der Waals surface area contributed by atoms with Gasteiger partial charge in [0.05, 0.1) is 19.3 Å². The van der Waals surface area contributed by atoms with Gasteiger partial charge in [0.1, 0.15) is 5.75 Å². The Morgan fingerprint density at radius 1 is 1.07 bits per heavy atom. The number of hydrogen-bond donors (Lipinski definition) is 1. The Morgan fingerprint density at radius 2 is 1.79 bits per heavy atom. The van der Waals surface area contributed by atoms with E-state index >= 15 is 0 Å². The summed E-state index contributed by atoms with van der Waals surface area (Å²) in [5.41, 5.74) is 2.39. The summed E-state index contributed by atoms with van der Waals surface area (Å²) in [6.07, 6.45) is 1.01. The number of halogens is 1. The van der Waals surface area contributed by atoms with Gasteiger partial charge in [-0.3, -0.25) is 9.59 Å². The second-order valence-corrected chi connectivity index (χ2v) is 6.92. The van der Waals surface area contributed by atoms with Crippen LogP contribution in [0.1, 0.15) is 12.0 Å². The van der Waals surface area contributed by atoms with E-state index in [-0.39, 0.29) is 11.5 Å². The third-order valence-corrected chi connectivity index (χ3v) is 4.70. The van der Waals surface area contributed by atoms with E-state index < -0.39 is 0 Å². The van der Waals surface area contributed by atoms with Crippen molar-refractivity contribution in [3.8, 4) is 17.0 Å². The summed E-state index contributed by atoms with van der Waals surface area (Å²) < 4.78 is 6.48. The van der Waals surface area contributed by atoms with Crippen LogP contribution in [0.5, 0.6) is 5.75 Å². The Morgan fingerprint density at radius 3 is 2.48 bits per heavy atom. The zero-order valence-corrected chi connectivity index (χ0v) is 16.9. The molecule has 1 aromatic heterocycles. The van der Waals surface area contributed by atoms with E-state index in [1.165, 1.54) is 10.7 Å². The van der Waals surface area contributed by atoms with E-state index in [1.807, 2.05) is 36.4 Å². The lowest BCUT2D eigenvalue weighted by molar-refractivity contribution is -0.121. The number of hydrogen-bond acceptors (Lipinski definition) is 4. The number of nitrogens with one attached hydrogen (secondary N) is 1. The molecule has 0 aliphatic heterocycles. The fourth-order valence-corrected chi connectivity index (χ4v) is 2.95. The van der Waals surface area contributed by atoms with Crippen LogP contribution >= 0.6 is 11.6 Å². The monoisotopic (exact) mass is 411 g/mol. The number of rotatable bonds is 8. The normalized spacial score (nSPS) is 10.6. The van der Waals surface area contributed by atoms with E-state index in [1.54, 1.807) is 25.3 Å². The standard InChI is InChI=1S/C22H22ClN3O3/c1-29-19-9-2-16(3-10-19)4-12-21(27)24-14-15-26-22(28)13-11-20(25-26)17-5-7-18(23)8-6-17/h2-3,5-11,13H,4,12,14-15H2,1H3,(H,24,27). The minimum absolute atomic E-state index is 0.0669. The number of carbonyl (C=O) groups excluding carboxylic acids is 1. The van der Waals surface area contributed by atoms with Crippen LogP contribution in [0, 0.1) is 0 Å². The summed E-state index contributed by atoms with van der Waals surface area (Å²) in [4.78, 5) is 24.1. The van der Waals surface area contributed by atoms with E-state index in [0.29, 0.717) is 36.6 Å². The van der Waals surface area contributed by atoms with Gasteiger partial charge in [0.2, 0.25) is 5.91 Å². The van der Waals surface area contributed by atoms with Crippen molar-refractivity contribution in [2.45, 2.75) is 19.4 Å². The Balaban J connectivity index is 1.51. The molecule has 0 saturated heterocycles. The summed E-state index contributed by atoms with van der Waals surface area (Å²) in [5, 5.41) is 7.85. The maximum atomic E-state index is 12.1. The second-order valence-electron chi connectivity index (χ2n) is 6.48. The van der Waals surface area contributed by atoms with Crippen LogP contribution in [0.4, 0.5) is 0 Å². The van der Waals surface area contributed by atoms with Gasteiger partial charge in [0.15, 0.2) is 0 Å². The minimum Gasteiger partial charge on any atom is -0.497 e. The Hall–Kier alpha value is -3.12. The Labute approximate surface area is 174 Å². The molecule has 1 amide bonds. The highest BCUT2D eigenvalue weighted by atomic mass is 35.5. The van der Waals surface area contributed by atoms with E-state index in [9.17, 15) is 9.59 Å². The molecule has 0 saturated carbocycles. The first-order valence-corrected chi connectivity index (χ1v) is 9.67. The van der Waals surface area contributed by atoms with Gasteiger partial charge >= 0.3 is 0 Å². The topological polar surface area (TPSA) is 73.2 Å². The number of methoxy groups -OCH3 is 1. The number of amides is 1. The first-order chi connectivity index (χ1) is 14.0. The van der Waals surface area contributed by atoms with E-state index in [4.69, 9.17) is 16.3 Å². The van der Waals surface area contributed by atoms with Crippen LogP contribution < -0.4 is 15.6 Å². The van der Waals surface area contributed by atoms with Crippen molar-refractivity contribution in [1.29, 1.82) is 0 Å². The maximum absolute atomic E-state index is 12.1. The zero-order chi connectivity index (χ0) is 20.6. The van der Waals surface area contributed by atoms with Gasteiger partial charge in [-0.15, -0.1) is 0 Å². The number of carbonyl (C=O) groups is 1. The Kier molecular flexibility index (Phi) is 7.03. The number of aryl methyl sites for hydroxylation is 1. The van der Waals surface area contributed by atoms with Gasteiger partial charge < -0.3 is 10.1 Å². The van der Waals surface area contributed by atoms with Gasteiger partial charge in [0.25, 0.3) is 5.56 Å². The largest absolute Gasteiger partial charge is 0.497 e. The molecule has 7 heteroatoms. The molecule has 0 aliphatic rings. The van der Waals surface area contributed by atoms with Gasteiger partial charge in [-0.2, -0.15) is 5.10 Å². The highest BCUT2D eigenvalue weighted by Gasteiger charge is 2.06. The lowest BCUT2D eigenvalue weighted by atomic mass is 10.1. The molecule has 29 heavy (non-hydrogen) atoms. The summed E-state index contributed by atoms with van der Waals surface area (Å²) >= 11 is 5.91. The van der Waals surface area contributed by atoms with Crippen LogP contribution in [0.2, 0.25) is 5.02 Å². The number of nitrogens with zero attached hydrogens (tertiary/aromatic N) is 2. The molecule has 2 aromatic carbocycles. The molecule has 0 radical (unpaired) electrons. The van der Waals surface area contributed by atoms with Crippen molar-refractivity contribution in [3.05, 3.63) is 81.6 Å². The average Bonchev–Trinajstić information content (AvgIpc) is 2.74.